The molecule has 0 saturated carbocycles. The van der Waals surface area contributed by atoms with Crippen LogP contribution in [-0.2, 0) is 0 Å². The van der Waals surface area contributed by atoms with Gasteiger partial charge < -0.3 is 9.32 Å². The van der Waals surface area contributed by atoms with Gasteiger partial charge in [-0.2, -0.15) is 0 Å². The number of anilines is 3. The normalized spacial score (nSPS) is 16.5. The van der Waals surface area contributed by atoms with Gasteiger partial charge in [0.05, 0.1) is 34.4 Å². The molecule has 8 aromatic carbocycles. The van der Waals surface area contributed by atoms with Gasteiger partial charge in [0.1, 0.15) is 11.2 Å². The van der Waals surface area contributed by atoms with Crippen molar-refractivity contribution in [2.24, 2.45) is 0 Å². The van der Waals surface area contributed by atoms with E-state index in [0.717, 1.165) is 20.4 Å². The largest absolute Gasteiger partial charge is 0.455 e. The summed E-state index contributed by atoms with van der Waals surface area (Å²) in [6.45, 7) is 0. The van der Waals surface area contributed by atoms with E-state index in [4.69, 9.17) is 14.0 Å². The van der Waals surface area contributed by atoms with E-state index in [-0.39, 0.29) is 27.3 Å². The first-order valence-electron chi connectivity index (χ1n) is 23.7. The van der Waals surface area contributed by atoms with Crippen LogP contribution < -0.4 is 4.90 Å². The van der Waals surface area contributed by atoms with Crippen molar-refractivity contribution in [2.45, 2.75) is 0 Å². The third kappa shape index (κ3) is 4.55. The Balaban J connectivity index is 1.43. The van der Waals surface area contributed by atoms with Crippen LogP contribution in [0.25, 0.3) is 75.1 Å². The first kappa shape index (κ1) is 15.8. The van der Waals surface area contributed by atoms with Gasteiger partial charge in [-0.15, -0.1) is 11.3 Å². The van der Waals surface area contributed by atoms with E-state index in [1.54, 1.807) is 42.5 Å². The van der Waals surface area contributed by atoms with Gasteiger partial charge in [0.2, 0.25) is 0 Å². The Bertz CT molecular complexity index is 3780. The van der Waals surface area contributed by atoms with Crippen LogP contribution in [-0.4, -0.2) is 0 Å². The standard InChI is InChI=1S/C46H29NOS/c1-2-11-30(12-3-1)31-23-26-34(27-24-31)47(41-20-10-21-42-44(41)40-28-25-32-13-4-5-16-36(32)45(40)48-42)35-15-8-14-33(29-35)37-18-9-19-39-38-17-6-7-22-43(38)49-46(37)39/h1-29H/i4D,5D,8D,10D,13D,14D,15D,16D,20D,21D,23D,24D,25D,26D,27D,28D,29D. The van der Waals surface area contributed by atoms with E-state index in [0.29, 0.717) is 15.8 Å². The predicted octanol–water partition coefficient (Wildman–Crippen LogP) is 13.9. The summed E-state index contributed by atoms with van der Waals surface area (Å²) in [5, 5.41) is 0.111. The Kier molecular flexibility index (Phi) is 3.63. The zero-order valence-corrected chi connectivity index (χ0v) is 26.0. The minimum atomic E-state index is -0.853. The Morgan fingerprint density at radius 2 is 1.35 bits per heavy atom. The average Bonchev–Trinajstić information content (AvgIpc) is 3.90. The number of furan rings is 1. The van der Waals surface area contributed by atoms with Crippen LogP contribution in [0.1, 0.15) is 23.3 Å². The molecule has 3 heteroatoms. The maximum atomic E-state index is 10.0. The van der Waals surface area contributed by atoms with Gasteiger partial charge in [-0.3, -0.25) is 0 Å². The van der Waals surface area contributed by atoms with Crippen LogP contribution in [0.2, 0.25) is 0 Å². The van der Waals surface area contributed by atoms with Crippen molar-refractivity contribution in [1.82, 2.24) is 0 Å². The van der Waals surface area contributed by atoms with Crippen LogP contribution in [0.3, 0.4) is 0 Å². The second-order valence-corrected chi connectivity index (χ2v) is 12.2. The third-order valence-electron chi connectivity index (χ3n) is 8.36. The Morgan fingerprint density at radius 1 is 0.531 bits per heavy atom. The van der Waals surface area contributed by atoms with Gasteiger partial charge in [0, 0.05) is 42.3 Å². The molecule has 0 unspecified atom stereocenters. The van der Waals surface area contributed by atoms with Crippen LogP contribution in [0.15, 0.2) is 180 Å². The van der Waals surface area contributed by atoms with Crippen molar-refractivity contribution in [2.75, 3.05) is 4.90 Å². The number of fused-ring (bicyclic) bond motifs is 8. The van der Waals surface area contributed by atoms with E-state index in [9.17, 15) is 13.7 Å². The Hall–Kier alpha value is -6.16. The van der Waals surface area contributed by atoms with Crippen LogP contribution in [0.5, 0.6) is 0 Å². The molecule has 0 aliphatic heterocycles. The molecule has 2 nitrogen and oxygen atoms in total. The Labute approximate surface area is 311 Å². The molecule has 10 aromatic rings. The van der Waals surface area contributed by atoms with E-state index >= 15 is 0 Å². The lowest BCUT2D eigenvalue weighted by atomic mass is 10.0. The molecule has 0 aliphatic rings. The summed E-state index contributed by atoms with van der Waals surface area (Å²) in [5.74, 6) is 0. The van der Waals surface area contributed by atoms with Crippen LogP contribution in [0.4, 0.5) is 17.1 Å². The van der Waals surface area contributed by atoms with E-state index in [2.05, 4.69) is 0 Å². The van der Waals surface area contributed by atoms with Crippen molar-refractivity contribution >= 4 is 81.3 Å². The molecule has 0 saturated heterocycles. The average molecular weight is 661 g/mol. The molecule has 230 valence electrons. The zero-order valence-electron chi connectivity index (χ0n) is 42.2. The van der Waals surface area contributed by atoms with Crippen molar-refractivity contribution in [3.63, 3.8) is 0 Å². The van der Waals surface area contributed by atoms with Crippen molar-refractivity contribution in [3.05, 3.63) is 176 Å². The predicted molar refractivity (Wildman–Crippen MR) is 210 cm³/mol. The van der Waals surface area contributed by atoms with Crippen LogP contribution >= 0.6 is 11.3 Å². The molecule has 0 spiro atoms. The zero-order chi connectivity index (χ0) is 47.1. The number of rotatable bonds is 5. The van der Waals surface area contributed by atoms with Crippen molar-refractivity contribution in [3.8, 4) is 22.3 Å². The van der Waals surface area contributed by atoms with Gasteiger partial charge in [-0.1, -0.05) is 127 Å². The van der Waals surface area contributed by atoms with E-state index in [1.807, 2.05) is 30.3 Å². The molecule has 0 aliphatic carbocycles. The highest BCUT2D eigenvalue weighted by molar-refractivity contribution is 7.26. The fourth-order valence-corrected chi connectivity index (χ4v) is 7.37. The first-order valence-corrected chi connectivity index (χ1v) is 16.0. The smallest absolute Gasteiger partial charge is 0.143 e. The fourth-order valence-electron chi connectivity index (χ4n) is 6.15. The van der Waals surface area contributed by atoms with Gasteiger partial charge in [0.15, 0.2) is 0 Å². The SMILES string of the molecule is [2H]c1c([2H])c(-c2cccc3c2sc2ccccc23)c([2H])c(N(c2c([2H])c([2H])c(-c3ccccc3)c([2H])c2[2H])c2c([2H])c([2H])c([2H])c3oc4c5c([2H])c([2H])c([2H])c([2H])c5c([2H])c([2H])c4c23)c1[2H]. The maximum Gasteiger partial charge on any atom is 0.143 e. The number of hydrogen-bond acceptors (Lipinski definition) is 3. The number of hydrogen-bond donors (Lipinski definition) is 0. The van der Waals surface area contributed by atoms with Gasteiger partial charge in [-0.05, 0) is 76.0 Å². The minimum absolute atomic E-state index is 0.119. The maximum absolute atomic E-state index is 10.0. The molecule has 10 rings (SSSR count). The summed E-state index contributed by atoms with van der Waals surface area (Å²) in [5.41, 5.74) is -2.52. The van der Waals surface area contributed by atoms with Crippen molar-refractivity contribution < 1.29 is 27.7 Å². The lowest BCUT2D eigenvalue weighted by Crippen LogP contribution is -2.10. The summed E-state index contributed by atoms with van der Waals surface area (Å²) < 4.78 is 164. The monoisotopic (exact) mass is 660 g/mol. The second-order valence-electron chi connectivity index (χ2n) is 11.2. The fraction of sp³-hybridized carbons (Fsp3) is 0. The molecule has 2 aromatic heterocycles. The minimum Gasteiger partial charge on any atom is -0.455 e. The lowest BCUT2D eigenvalue weighted by molar-refractivity contribution is 0.672. The first-order chi connectivity index (χ1) is 31.4. The summed E-state index contributed by atoms with van der Waals surface area (Å²) in [7, 11) is 0. The highest BCUT2D eigenvalue weighted by atomic mass is 32.1. The number of benzene rings is 8. The molecule has 0 atom stereocenters. The van der Waals surface area contributed by atoms with Gasteiger partial charge in [0.25, 0.3) is 0 Å². The van der Waals surface area contributed by atoms with Crippen LogP contribution in [0, 0.1) is 0 Å². The Morgan fingerprint density at radius 3 is 2.27 bits per heavy atom. The third-order valence-corrected chi connectivity index (χ3v) is 9.58. The quantitative estimate of drug-likeness (QED) is 0.183. The topological polar surface area (TPSA) is 16.4 Å². The number of nitrogens with zero attached hydrogens (tertiary/aromatic N) is 1. The molecule has 0 N–H and O–H groups in total. The molecular formula is C46H29NOS. The second kappa shape index (κ2) is 11.2. The lowest BCUT2D eigenvalue weighted by Gasteiger charge is -2.27. The van der Waals surface area contributed by atoms with Gasteiger partial charge >= 0.3 is 0 Å². The summed E-state index contributed by atoms with van der Waals surface area (Å²) >= 11 is 1.37. The van der Waals surface area contributed by atoms with E-state index in [1.165, 1.54) is 11.3 Å². The summed E-state index contributed by atoms with van der Waals surface area (Å²) in [6.07, 6.45) is 0. The molecule has 0 bridgehead atoms. The molecule has 0 radical (unpaired) electrons. The van der Waals surface area contributed by atoms with Gasteiger partial charge in [-0.25, -0.2) is 0 Å². The van der Waals surface area contributed by atoms with E-state index < -0.39 is 136 Å². The van der Waals surface area contributed by atoms with Crippen molar-refractivity contribution in [1.29, 1.82) is 0 Å². The number of thiophene rings is 1. The molecule has 0 amide bonds. The highest BCUT2D eigenvalue weighted by Crippen LogP contribution is 2.46. The molecule has 0 fully saturated rings. The molecule has 49 heavy (non-hydrogen) atoms. The molecular weight excluding hydrogens is 615 g/mol. The molecule has 2 heterocycles. The summed E-state index contributed by atoms with van der Waals surface area (Å²) in [6, 6.07) is 9.05. The summed E-state index contributed by atoms with van der Waals surface area (Å²) in [4.78, 5) is 0.844. The highest BCUT2D eigenvalue weighted by Gasteiger charge is 2.21.